The molecule has 0 atom stereocenters. The minimum atomic E-state index is -4.86. The van der Waals surface area contributed by atoms with E-state index in [2.05, 4.69) is 0 Å². The summed E-state index contributed by atoms with van der Waals surface area (Å²) in [7, 11) is 0. The van der Waals surface area contributed by atoms with Gasteiger partial charge in [0, 0.05) is 5.56 Å². The van der Waals surface area contributed by atoms with Crippen LogP contribution in [0.25, 0.3) is 5.57 Å². The Morgan fingerprint density at radius 2 is 1.74 bits per heavy atom. The summed E-state index contributed by atoms with van der Waals surface area (Å²) in [5.74, 6) is -1.73. The summed E-state index contributed by atoms with van der Waals surface area (Å²) in [5, 5.41) is -0.481. The number of hydrogen-bond donors (Lipinski definition) is 0. The van der Waals surface area contributed by atoms with Crippen LogP contribution in [0, 0.1) is 5.82 Å². The molecule has 2 aromatic rings. The molecule has 1 saturated heterocycles. The van der Waals surface area contributed by atoms with Gasteiger partial charge >= 0.3 is 12.3 Å². The highest BCUT2D eigenvalue weighted by Crippen LogP contribution is 2.44. The van der Waals surface area contributed by atoms with E-state index in [9.17, 15) is 27.2 Å². The number of carbonyl (C=O) groups excluding carboxylic acids is 2. The number of likely N-dealkylation sites (tertiary alicyclic amines) is 1. The van der Waals surface area contributed by atoms with Gasteiger partial charge in [-0.25, -0.2) is 9.18 Å². The van der Waals surface area contributed by atoms with Crippen LogP contribution in [0.5, 0.6) is 0 Å². The highest BCUT2D eigenvalue weighted by atomic mass is 35.5. The van der Waals surface area contributed by atoms with Crippen molar-refractivity contribution in [2.24, 2.45) is 0 Å². The van der Waals surface area contributed by atoms with E-state index in [0.717, 1.165) is 23.8 Å². The molecular formula is C25H22ClF4NO4. The number of ketones is 1. The van der Waals surface area contributed by atoms with Crippen LogP contribution in [0.4, 0.5) is 22.4 Å². The molecule has 0 unspecified atom stereocenters. The monoisotopic (exact) mass is 511 g/mol. The zero-order valence-electron chi connectivity index (χ0n) is 19.1. The van der Waals surface area contributed by atoms with Gasteiger partial charge in [0.15, 0.2) is 5.78 Å². The van der Waals surface area contributed by atoms with Gasteiger partial charge in [-0.05, 0) is 61.7 Å². The minimum Gasteiger partial charge on any atom is -0.444 e. The Bertz CT molecular complexity index is 1230. The van der Waals surface area contributed by atoms with Crippen molar-refractivity contribution in [2.75, 3.05) is 13.1 Å². The van der Waals surface area contributed by atoms with Crippen LogP contribution in [0.15, 0.2) is 42.5 Å². The van der Waals surface area contributed by atoms with Crippen molar-refractivity contribution in [3.8, 4) is 0 Å². The van der Waals surface area contributed by atoms with Crippen LogP contribution < -0.4 is 0 Å². The third kappa shape index (κ3) is 5.06. The third-order valence-electron chi connectivity index (χ3n) is 5.74. The smallest absolute Gasteiger partial charge is 0.417 e. The average Bonchev–Trinajstić information content (AvgIpc) is 3.10. The molecule has 2 heterocycles. The minimum absolute atomic E-state index is 0.0441. The number of carbonyl (C=O) groups is 2. The number of hydrogen-bond acceptors (Lipinski definition) is 4. The molecule has 0 aliphatic carbocycles. The Hall–Kier alpha value is -2.91. The summed E-state index contributed by atoms with van der Waals surface area (Å²) in [4.78, 5) is 26.5. The fourth-order valence-electron chi connectivity index (χ4n) is 4.10. The van der Waals surface area contributed by atoms with Crippen molar-refractivity contribution in [3.63, 3.8) is 0 Å². The second-order valence-electron chi connectivity index (χ2n) is 9.54. The number of fused-ring (bicyclic) bond motifs is 2. The molecule has 2 aliphatic rings. The van der Waals surface area contributed by atoms with E-state index in [1.54, 1.807) is 26.8 Å². The molecular weight excluding hydrogens is 490 g/mol. The largest absolute Gasteiger partial charge is 0.444 e. The number of nitrogens with zero attached hydrogens (tertiary/aromatic N) is 1. The Kier molecular flexibility index (Phi) is 6.22. The molecule has 0 bridgehead atoms. The number of allylic oxidation sites excluding steroid dienone is 2. The lowest BCUT2D eigenvalue weighted by molar-refractivity contribution is -0.137. The van der Waals surface area contributed by atoms with Crippen molar-refractivity contribution in [3.05, 3.63) is 75.6 Å². The molecule has 1 spiro atoms. The second-order valence-corrected chi connectivity index (χ2v) is 9.95. The maximum atomic E-state index is 13.7. The molecule has 1 fully saturated rings. The molecule has 0 N–H and O–H groups in total. The van der Waals surface area contributed by atoms with E-state index in [1.807, 2.05) is 0 Å². The summed E-state index contributed by atoms with van der Waals surface area (Å²) in [6.45, 7) is 6.00. The maximum Gasteiger partial charge on any atom is 0.417 e. The first-order chi connectivity index (χ1) is 16.2. The van der Waals surface area contributed by atoms with Gasteiger partial charge in [0.2, 0.25) is 0 Å². The van der Waals surface area contributed by atoms with Gasteiger partial charge in [-0.2, -0.15) is 13.2 Å². The summed E-state index contributed by atoms with van der Waals surface area (Å²) >= 11 is 5.63. The molecule has 186 valence electrons. The Balaban J connectivity index is 1.56. The third-order valence-corrected chi connectivity index (χ3v) is 6.03. The molecule has 2 aromatic carbocycles. The summed E-state index contributed by atoms with van der Waals surface area (Å²) < 4.78 is 65.7. The predicted molar refractivity (Wildman–Crippen MR) is 120 cm³/mol. The van der Waals surface area contributed by atoms with Crippen LogP contribution in [0.3, 0.4) is 0 Å². The molecule has 35 heavy (non-hydrogen) atoms. The number of rotatable bonds is 3. The molecule has 5 nitrogen and oxygen atoms in total. The summed E-state index contributed by atoms with van der Waals surface area (Å²) in [5.41, 5.74) is -1.53. The standard InChI is InChI=1S/C25H22ClF4NO4/c1-23(2,3)35-22(33)31-12-24(13-31)17-6-4-15(8-16(17)11-34-24)21(32)10-18(25(28,29)30)14-5-7-20(27)19(26)9-14/h4-10H,11-13H2,1-3H3. The van der Waals surface area contributed by atoms with Crippen molar-refractivity contribution >= 4 is 29.1 Å². The number of ether oxygens (including phenoxy) is 2. The highest BCUT2D eigenvalue weighted by Gasteiger charge is 2.52. The summed E-state index contributed by atoms with van der Waals surface area (Å²) in [6, 6.07) is 7.11. The van der Waals surface area contributed by atoms with Gasteiger partial charge in [-0.3, -0.25) is 4.79 Å². The first kappa shape index (κ1) is 25.2. The first-order valence-electron chi connectivity index (χ1n) is 10.7. The summed E-state index contributed by atoms with van der Waals surface area (Å²) in [6.07, 6.45) is -4.85. The van der Waals surface area contributed by atoms with Gasteiger partial charge in [0.1, 0.15) is 17.0 Å². The van der Waals surface area contributed by atoms with E-state index in [1.165, 1.54) is 17.0 Å². The molecule has 0 radical (unpaired) electrons. The van der Waals surface area contributed by atoms with Gasteiger partial charge < -0.3 is 14.4 Å². The fraction of sp³-hybridized carbons (Fsp3) is 0.360. The van der Waals surface area contributed by atoms with Gasteiger partial charge in [0.25, 0.3) is 0 Å². The fourth-order valence-corrected chi connectivity index (χ4v) is 4.28. The molecule has 0 saturated carbocycles. The molecule has 10 heteroatoms. The van der Waals surface area contributed by atoms with Gasteiger partial charge in [0.05, 0.1) is 30.3 Å². The Labute approximate surface area is 204 Å². The quantitative estimate of drug-likeness (QED) is 0.276. The maximum absolute atomic E-state index is 13.7. The van der Waals surface area contributed by atoms with Crippen LogP contribution in [-0.4, -0.2) is 41.6 Å². The lowest BCUT2D eigenvalue weighted by Crippen LogP contribution is -2.61. The van der Waals surface area contributed by atoms with E-state index >= 15 is 0 Å². The normalized spacial score (nSPS) is 17.3. The van der Waals surface area contributed by atoms with E-state index in [-0.39, 0.29) is 25.3 Å². The van der Waals surface area contributed by atoms with Crippen LogP contribution >= 0.6 is 11.6 Å². The first-order valence-corrected chi connectivity index (χ1v) is 11.1. The molecule has 1 amide bonds. The topological polar surface area (TPSA) is 55.8 Å². The highest BCUT2D eigenvalue weighted by molar-refractivity contribution is 6.31. The second kappa shape index (κ2) is 8.64. The number of alkyl halides is 3. The van der Waals surface area contributed by atoms with Crippen molar-refractivity contribution in [2.45, 2.75) is 44.8 Å². The zero-order valence-corrected chi connectivity index (χ0v) is 19.9. The Morgan fingerprint density at radius 3 is 2.34 bits per heavy atom. The Morgan fingerprint density at radius 1 is 1.09 bits per heavy atom. The molecule has 4 rings (SSSR count). The van der Waals surface area contributed by atoms with E-state index in [0.29, 0.717) is 11.6 Å². The average molecular weight is 512 g/mol. The van der Waals surface area contributed by atoms with Gasteiger partial charge in [-0.15, -0.1) is 0 Å². The van der Waals surface area contributed by atoms with Crippen molar-refractivity contribution in [1.29, 1.82) is 0 Å². The molecule has 2 aliphatic heterocycles. The number of halogens is 5. The zero-order chi connectivity index (χ0) is 25.8. The van der Waals surface area contributed by atoms with E-state index in [4.69, 9.17) is 21.1 Å². The van der Waals surface area contributed by atoms with Crippen molar-refractivity contribution in [1.82, 2.24) is 4.90 Å². The SMILES string of the molecule is CC(C)(C)OC(=O)N1CC2(C1)OCc1cc(C(=O)C=C(c3ccc(F)c(Cl)c3)C(F)(F)F)ccc12. The lowest BCUT2D eigenvalue weighted by Gasteiger charge is -2.47. The van der Waals surface area contributed by atoms with Gasteiger partial charge in [-0.1, -0.05) is 29.8 Å². The van der Waals surface area contributed by atoms with Crippen LogP contribution in [-0.2, 0) is 21.7 Å². The lowest BCUT2D eigenvalue weighted by atomic mass is 9.84. The van der Waals surface area contributed by atoms with Crippen LogP contribution in [0.2, 0.25) is 5.02 Å². The van der Waals surface area contributed by atoms with E-state index < -0.39 is 51.2 Å². The van der Waals surface area contributed by atoms with Crippen LogP contribution in [0.1, 0.15) is 47.8 Å². The number of benzene rings is 2. The molecule has 0 aromatic heterocycles. The predicted octanol–water partition coefficient (Wildman–Crippen LogP) is 6.28. The number of amides is 1. The van der Waals surface area contributed by atoms with Crippen molar-refractivity contribution < 1.29 is 36.6 Å².